The predicted octanol–water partition coefficient (Wildman–Crippen LogP) is 5.18. The topological polar surface area (TPSA) is 126 Å². The fraction of sp³-hybridized carbons (Fsp3) is 0.500. The summed E-state index contributed by atoms with van der Waals surface area (Å²) in [5.74, 6) is 2.22. The lowest BCUT2D eigenvalue weighted by Crippen LogP contribution is -2.68. The molecule has 4 heterocycles. The molecule has 46 heavy (non-hydrogen) atoms. The van der Waals surface area contributed by atoms with Gasteiger partial charge in [-0.3, -0.25) is 9.80 Å². The zero-order valence-corrected chi connectivity index (χ0v) is 28.1. The third-order valence-corrected chi connectivity index (χ3v) is 9.74. The maximum Gasteiger partial charge on any atom is 0.407 e. The Hall–Kier alpha value is -3.27. The molecule has 0 saturated carbocycles. The molecule has 1 amide bonds. The number of fused-ring (bicyclic) bond motifs is 9. The van der Waals surface area contributed by atoms with Gasteiger partial charge in [-0.1, -0.05) is 53.5 Å². The minimum Gasteiger partial charge on any atom is -0.504 e. The molecule has 0 spiro atoms. The minimum atomic E-state index is -1.78. The number of aromatic hydroxyl groups is 1. The molecule has 6 rings (SSSR count). The van der Waals surface area contributed by atoms with Gasteiger partial charge in [0.1, 0.15) is 25.0 Å². The number of phenolic OH excluding ortho intramolecular Hbond substituents is 1. The number of ether oxygens (including phenoxy) is 5. The third kappa shape index (κ3) is 5.34. The van der Waals surface area contributed by atoms with Gasteiger partial charge in [0.05, 0.1) is 25.3 Å². The van der Waals surface area contributed by atoms with Crippen LogP contribution in [0.15, 0.2) is 18.7 Å². The molecule has 0 aromatic heterocycles. The van der Waals surface area contributed by atoms with Crippen molar-refractivity contribution >= 4 is 40.9 Å². The van der Waals surface area contributed by atoms with Crippen LogP contribution in [0.1, 0.15) is 45.5 Å². The van der Waals surface area contributed by atoms with Crippen LogP contribution in [0.2, 0.25) is 0 Å². The highest BCUT2D eigenvalue weighted by molar-refractivity contribution is 6.67. The SMILES string of the molecule is C=CCOc1c(C)c2c(c3c1CC1[C@H]4c5c(cc(C)c(OC)c5O)C[C@H](C(C#N)N1[C@H]3CNC(=O)OCC(Cl)(Cl)Cl)N4C)OCO2. The Morgan fingerprint density at radius 1 is 1.22 bits per heavy atom. The fourth-order valence-electron chi connectivity index (χ4n) is 7.75. The van der Waals surface area contributed by atoms with E-state index in [2.05, 4.69) is 27.8 Å². The number of nitrogens with zero attached hydrogens (tertiary/aromatic N) is 3. The summed E-state index contributed by atoms with van der Waals surface area (Å²) < 4.78 is 27.3. The van der Waals surface area contributed by atoms with E-state index in [4.69, 9.17) is 58.5 Å². The zero-order chi connectivity index (χ0) is 33.1. The smallest absolute Gasteiger partial charge is 0.407 e. The molecule has 5 atom stereocenters. The van der Waals surface area contributed by atoms with Crippen LogP contribution >= 0.6 is 34.8 Å². The molecule has 2 aromatic rings. The van der Waals surface area contributed by atoms with Gasteiger partial charge in [0.2, 0.25) is 10.6 Å². The molecule has 246 valence electrons. The van der Waals surface area contributed by atoms with Gasteiger partial charge in [0.15, 0.2) is 23.0 Å². The number of halogens is 3. The first-order valence-electron chi connectivity index (χ1n) is 14.9. The first kappa shape index (κ1) is 32.7. The second-order valence-electron chi connectivity index (χ2n) is 11.9. The number of methoxy groups -OCH3 is 1. The quantitative estimate of drug-likeness (QED) is 0.296. The van der Waals surface area contributed by atoms with Crippen molar-refractivity contribution < 1.29 is 33.6 Å². The van der Waals surface area contributed by atoms with Crippen molar-refractivity contribution in [3.8, 4) is 34.8 Å². The molecule has 1 fully saturated rings. The largest absolute Gasteiger partial charge is 0.504 e. The third-order valence-electron chi connectivity index (χ3n) is 9.42. The van der Waals surface area contributed by atoms with Gasteiger partial charge >= 0.3 is 6.09 Å². The molecule has 11 nitrogen and oxygen atoms in total. The molecule has 2 N–H and O–H groups in total. The highest BCUT2D eigenvalue weighted by atomic mass is 35.6. The monoisotopic (exact) mass is 692 g/mol. The predicted molar refractivity (Wildman–Crippen MR) is 171 cm³/mol. The molecule has 4 aliphatic heterocycles. The van der Waals surface area contributed by atoms with Gasteiger partial charge < -0.3 is 34.1 Å². The maximum atomic E-state index is 12.9. The summed E-state index contributed by atoms with van der Waals surface area (Å²) in [6.45, 7) is 7.48. The summed E-state index contributed by atoms with van der Waals surface area (Å²) in [5, 5.41) is 25.3. The molecule has 0 aliphatic carbocycles. The van der Waals surface area contributed by atoms with Crippen molar-refractivity contribution in [1.29, 1.82) is 5.26 Å². The Morgan fingerprint density at radius 3 is 2.63 bits per heavy atom. The Morgan fingerprint density at radius 2 is 1.96 bits per heavy atom. The van der Waals surface area contributed by atoms with E-state index in [9.17, 15) is 15.2 Å². The summed E-state index contributed by atoms with van der Waals surface area (Å²) in [5.41, 5.74) is 4.95. The van der Waals surface area contributed by atoms with Crippen molar-refractivity contribution in [2.24, 2.45) is 0 Å². The Balaban J connectivity index is 1.54. The van der Waals surface area contributed by atoms with Crippen molar-refractivity contribution in [3.63, 3.8) is 0 Å². The lowest BCUT2D eigenvalue weighted by atomic mass is 9.71. The molecule has 2 bridgehead atoms. The van der Waals surface area contributed by atoms with Crippen LogP contribution in [0.4, 0.5) is 4.79 Å². The van der Waals surface area contributed by atoms with E-state index in [0.717, 1.165) is 33.4 Å². The highest BCUT2D eigenvalue weighted by Gasteiger charge is 2.56. The molecular formula is C32H35Cl3N4O7. The van der Waals surface area contributed by atoms with Crippen LogP contribution in [-0.4, -0.2) is 83.6 Å². The van der Waals surface area contributed by atoms with Crippen LogP contribution < -0.4 is 24.3 Å². The summed E-state index contributed by atoms with van der Waals surface area (Å²) in [4.78, 5) is 17.2. The number of alkyl carbamates (subject to hydrolysis) is 1. The van der Waals surface area contributed by atoms with Gasteiger partial charge in [0.25, 0.3) is 0 Å². The molecule has 1 saturated heterocycles. The number of likely N-dealkylation sites (N-methyl/N-ethyl adjacent to an activating group) is 1. The Kier molecular flexibility index (Phi) is 8.80. The van der Waals surface area contributed by atoms with Crippen LogP contribution in [0, 0.1) is 25.2 Å². The second-order valence-corrected chi connectivity index (χ2v) is 14.4. The maximum absolute atomic E-state index is 12.9. The normalized spacial score (nSPS) is 24.6. The Labute approximate surface area is 282 Å². The molecule has 2 aromatic carbocycles. The van der Waals surface area contributed by atoms with Gasteiger partial charge in [0, 0.05) is 40.9 Å². The number of nitrogens with one attached hydrogen (secondary N) is 1. The van der Waals surface area contributed by atoms with Crippen LogP contribution in [0.3, 0.4) is 0 Å². The molecule has 2 unspecified atom stereocenters. The molecule has 0 radical (unpaired) electrons. The summed E-state index contributed by atoms with van der Waals surface area (Å²) in [6.07, 6.45) is 1.85. The summed E-state index contributed by atoms with van der Waals surface area (Å²) >= 11 is 17.4. The lowest BCUT2D eigenvalue weighted by molar-refractivity contribution is -0.0723. The van der Waals surface area contributed by atoms with Crippen molar-refractivity contribution in [1.82, 2.24) is 15.1 Å². The summed E-state index contributed by atoms with van der Waals surface area (Å²) in [6, 6.07) is 2.53. The van der Waals surface area contributed by atoms with Crippen molar-refractivity contribution in [2.45, 2.75) is 60.7 Å². The number of carbonyl (C=O) groups is 1. The van der Waals surface area contributed by atoms with E-state index in [-0.39, 0.29) is 43.8 Å². The van der Waals surface area contributed by atoms with Crippen LogP contribution in [0.5, 0.6) is 28.7 Å². The van der Waals surface area contributed by atoms with Gasteiger partial charge in [-0.05, 0) is 44.9 Å². The number of nitriles is 1. The number of aryl methyl sites for hydroxylation is 1. The average molecular weight is 694 g/mol. The molecular weight excluding hydrogens is 659 g/mol. The first-order chi connectivity index (χ1) is 21.9. The lowest BCUT2D eigenvalue weighted by Gasteiger charge is -2.60. The van der Waals surface area contributed by atoms with Crippen LogP contribution in [0.25, 0.3) is 0 Å². The van der Waals surface area contributed by atoms with Crippen LogP contribution in [-0.2, 0) is 17.6 Å². The van der Waals surface area contributed by atoms with Gasteiger partial charge in [-0.25, -0.2) is 4.79 Å². The van der Waals surface area contributed by atoms with E-state index >= 15 is 0 Å². The fourth-order valence-corrected chi connectivity index (χ4v) is 7.91. The number of rotatable bonds is 7. The van der Waals surface area contributed by atoms with E-state index < -0.39 is 28.6 Å². The highest BCUT2D eigenvalue weighted by Crippen LogP contribution is 2.58. The number of hydrogen-bond acceptors (Lipinski definition) is 10. The number of phenols is 1. The number of carbonyl (C=O) groups excluding carboxylic acids is 1. The van der Waals surface area contributed by atoms with Gasteiger partial charge in [-0.2, -0.15) is 5.26 Å². The number of piperazine rings is 1. The molecule has 14 heteroatoms. The van der Waals surface area contributed by atoms with E-state index in [1.165, 1.54) is 7.11 Å². The van der Waals surface area contributed by atoms with E-state index in [1.54, 1.807) is 6.08 Å². The molecule has 4 aliphatic rings. The standard InChI is InChI=1S/C32H35Cl3N4O7/c1-6-7-43-28-16(3)29-30(46-14-45-29)24-18(28)10-20-25-23-17(8-15(2)27(42-5)26(23)40)9-19(38(25)4)21(11-36)39(20)22(24)12-37-31(41)44-13-32(33,34)35/h6,8,19-22,25,40H,1,7,9-10,12-14H2,2-5H3,(H,37,41)/t19-,20?,21?,22+,25+/m1/s1. The van der Waals surface area contributed by atoms with Crippen molar-refractivity contribution in [3.05, 3.63) is 52.1 Å². The Bertz CT molecular complexity index is 1620. The van der Waals surface area contributed by atoms with Crippen molar-refractivity contribution in [2.75, 3.05) is 40.7 Å². The number of benzene rings is 2. The first-order valence-corrected chi connectivity index (χ1v) is 16.0. The summed E-state index contributed by atoms with van der Waals surface area (Å²) in [7, 11) is 3.53. The second kappa shape index (κ2) is 12.4. The number of alkyl halides is 3. The van der Waals surface area contributed by atoms with E-state index in [0.29, 0.717) is 35.8 Å². The van der Waals surface area contributed by atoms with E-state index in [1.807, 2.05) is 27.0 Å². The average Bonchev–Trinajstić information content (AvgIpc) is 3.49. The number of hydrogen-bond donors (Lipinski definition) is 2. The van der Waals surface area contributed by atoms with Gasteiger partial charge in [-0.15, -0.1) is 0 Å². The number of amides is 1. The zero-order valence-electron chi connectivity index (χ0n) is 25.9. The minimum absolute atomic E-state index is 0.0124.